The SMILES string of the molecule is C=CC[C@H](N)C1=CCN(S(C)(=O)=O)C=C1. The molecule has 1 rings (SSSR count). The molecule has 0 radical (unpaired) electrons. The molecule has 0 fully saturated rings. The maximum Gasteiger partial charge on any atom is 0.232 e. The second kappa shape index (κ2) is 4.63. The van der Waals surface area contributed by atoms with E-state index in [2.05, 4.69) is 6.58 Å². The van der Waals surface area contributed by atoms with Gasteiger partial charge in [0.2, 0.25) is 10.0 Å². The van der Waals surface area contributed by atoms with Gasteiger partial charge < -0.3 is 5.73 Å². The number of nitrogens with two attached hydrogens (primary N) is 1. The Balaban J connectivity index is 2.69. The van der Waals surface area contributed by atoms with E-state index in [0.29, 0.717) is 13.0 Å². The van der Waals surface area contributed by atoms with E-state index in [9.17, 15) is 8.42 Å². The van der Waals surface area contributed by atoms with Gasteiger partial charge in [0.05, 0.1) is 12.8 Å². The summed E-state index contributed by atoms with van der Waals surface area (Å²) < 4.78 is 23.6. The van der Waals surface area contributed by atoms with Crippen LogP contribution in [0.15, 0.2) is 36.6 Å². The second-order valence-corrected chi connectivity index (χ2v) is 5.42. The molecule has 0 aliphatic carbocycles. The van der Waals surface area contributed by atoms with E-state index in [0.717, 1.165) is 5.57 Å². The minimum atomic E-state index is -3.15. The zero-order valence-electron chi connectivity index (χ0n) is 8.76. The zero-order valence-corrected chi connectivity index (χ0v) is 9.57. The van der Waals surface area contributed by atoms with Gasteiger partial charge in [-0.25, -0.2) is 8.42 Å². The molecule has 4 nitrogen and oxygen atoms in total. The van der Waals surface area contributed by atoms with Crippen LogP contribution in [0.5, 0.6) is 0 Å². The van der Waals surface area contributed by atoms with Crippen molar-refractivity contribution in [2.24, 2.45) is 5.73 Å². The molecule has 2 N–H and O–H groups in total. The Bertz CT molecular complexity index is 396. The summed E-state index contributed by atoms with van der Waals surface area (Å²) >= 11 is 0. The molecule has 0 aromatic carbocycles. The highest BCUT2D eigenvalue weighted by Gasteiger charge is 2.15. The third-order valence-electron chi connectivity index (χ3n) is 2.21. The van der Waals surface area contributed by atoms with Crippen molar-refractivity contribution >= 4 is 10.0 Å². The van der Waals surface area contributed by atoms with Crippen molar-refractivity contribution in [2.45, 2.75) is 12.5 Å². The van der Waals surface area contributed by atoms with Crippen LogP contribution >= 0.6 is 0 Å². The Morgan fingerprint density at radius 3 is 2.80 bits per heavy atom. The molecule has 0 aromatic heterocycles. The first-order valence-electron chi connectivity index (χ1n) is 4.66. The van der Waals surface area contributed by atoms with Gasteiger partial charge in [0.1, 0.15) is 0 Å². The van der Waals surface area contributed by atoms with Crippen molar-refractivity contribution in [1.29, 1.82) is 0 Å². The first kappa shape index (κ1) is 12.0. The molecule has 5 heteroatoms. The summed E-state index contributed by atoms with van der Waals surface area (Å²) in [6.45, 7) is 3.97. The van der Waals surface area contributed by atoms with E-state index in [1.54, 1.807) is 18.4 Å². The molecule has 0 saturated carbocycles. The highest BCUT2D eigenvalue weighted by atomic mass is 32.2. The van der Waals surface area contributed by atoms with Gasteiger partial charge in [-0.2, -0.15) is 0 Å². The predicted octanol–water partition coefficient (Wildman–Crippen LogP) is 0.605. The van der Waals surface area contributed by atoms with E-state index >= 15 is 0 Å². The molecule has 1 aliphatic heterocycles. The van der Waals surface area contributed by atoms with Crippen LogP contribution in [0.25, 0.3) is 0 Å². The summed E-state index contributed by atoms with van der Waals surface area (Å²) in [6, 6.07) is -0.0968. The minimum Gasteiger partial charge on any atom is -0.324 e. The molecule has 0 amide bonds. The van der Waals surface area contributed by atoms with Crippen LogP contribution < -0.4 is 5.73 Å². The fourth-order valence-electron chi connectivity index (χ4n) is 1.33. The number of sulfonamides is 1. The van der Waals surface area contributed by atoms with Crippen LogP contribution in [0, 0.1) is 0 Å². The van der Waals surface area contributed by atoms with Gasteiger partial charge in [-0.05, 0) is 18.1 Å². The molecule has 0 spiro atoms. The summed E-state index contributed by atoms with van der Waals surface area (Å²) in [5.74, 6) is 0. The predicted molar refractivity (Wildman–Crippen MR) is 61.6 cm³/mol. The summed E-state index contributed by atoms with van der Waals surface area (Å²) in [4.78, 5) is 0. The Hall–Kier alpha value is -1.07. The lowest BCUT2D eigenvalue weighted by atomic mass is 10.0. The molecule has 0 aromatic rings. The lowest BCUT2D eigenvalue weighted by Gasteiger charge is -2.22. The topological polar surface area (TPSA) is 63.4 Å². The normalized spacial score (nSPS) is 18.5. The molecular weight excluding hydrogens is 212 g/mol. The van der Waals surface area contributed by atoms with Gasteiger partial charge in [-0.15, -0.1) is 6.58 Å². The van der Waals surface area contributed by atoms with Crippen LogP contribution in [0.2, 0.25) is 0 Å². The summed E-state index contributed by atoms with van der Waals surface area (Å²) in [7, 11) is -3.15. The van der Waals surface area contributed by atoms with Crippen molar-refractivity contribution in [2.75, 3.05) is 12.8 Å². The minimum absolute atomic E-state index is 0.0968. The Kier molecular flexibility index (Phi) is 3.71. The standard InChI is InChI=1S/C10H16N2O2S/c1-3-4-10(11)9-5-7-12(8-6-9)15(2,13)14/h3,5-7,10H,1,4,8,11H2,2H3/t10-/m0/s1. The molecule has 0 bridgehead atoms. The highest BCUT2D eigenvalue weighted by Crippen LogP contribution is 2.14. The van der Waals surface area contributed by atoms with Gasteiger partial charge in [0.25, 0.3) is 0 Å². The largest absolute Gasteiger partial charge is 0.324 e. The molecule has 1 aliphatic rings. The zero-order chi connectivity index (χ0) is 11.5. The third-order valence-corrected chi connectivity index (χ3v) is 3.34. The van der Waals surface area contributed by atoms with Crippen LogP contribution in [0.3, 0.4) is 0 Å². The lowest BCUT2D eigenvalue weighted by Crippen LogP contribution is -2.30. The van der Waals surface area contributed by atoms with Gasteiger partial charge in [0.15, 0.2) is 0 Å². The Morgan fingerprint density at radius 1 is 1.73 bits per heavy atom. The summed E-state index contributed by atoms with van der Waals surface area (Å²) in [5, 5.41) is 0. The van der Waals surface area contributed by atoms with Gasteiger partial charge in [0, 0.05) is 12.2 Å². The Labute approximate surface area is 90.8 Å². The van der Waals surface area contributed by atoms with Gasteiger partial charge in [-0.1, -0.05) is 12.2 Å². The molecule has 1 atom stereocenters. The van der Waals surface area contributed by atoms with E-state index in [-0.39, 0.29) is 6.04 Å². The average molecular weight is 228 g/mol. The third kappa shape index (κ3) is 3.21. The molecular formula is C10H16N2O2S. The average Bonchev–Trinajstić information content (AvgIpc) is 2.17. The van der Waals surface area contributed by atoms with Crippen LogP contribution in [0.1, 0.15) is 6.42 Å². The van der Waals surface area contributed by atoms with Gasteiger partial charge in [-0.3, -0.25) is 4.31 Å². The summed E-state index contributed by atoms with van der Waals surface area (Å²) in [5.41, 5.74) is 6.81. The molecule has 0 unspecified atom stereocenters. The maximum absolute atomic E-state index is 11.2. The van der Waals surface area contributed by atoms with E-state index in [1.165, 1.54) is 10.6 Å². The molecule has 84 valence electrons. The van der Waals surface area contributed by atoms with Crippen molar-refractivity contribution in [1.82, 2.24) is 4.31 Å². The van der Waals surface area contributed by atoms with Crippen molar-refractivity contribution in [3.05, 3.63) is 36.6 Å². The molecule has 15 heavy (non-hydrogen) atoms. The van der Waals surface area contributed by atoms with Crippen LogP contribution in [-0.2, 0) is 10.0 Å². The summed E-state index contributed by atoms with van der Waals surface area (Å²) in [6.07, 6.45) is 8.73. The number of nitrogens with zero attached hydrogens (tertiary/aromatic N) is 1. The highest BCUT2D eigenvalue weighted by molar-refractivity contribution is 7.88. The smallest absolute Gasteiger partial charge is 0.232 e. The van der Waals surface area contributed by atoms with E-state index in [4.69, 9.17) is 5.73 Å². The number of hydrogen-bond acceptors (Lipinski definition) is 3. The van der Waals surface area contributed by atoms with Crippen molar-refractivity contribution < 1.29 is 8.42 Å². The van der Waals surface area contributed by atoms with E-state index in [1.807, 2.05) is 6.08 Å². The fourth-order valence-corrected chi connectivity index (χ4v) is 1.96. The molecule has 1 heterocycles. The van der Waals surface area contributed by atoms with E-state index < -0.39 is 10.0 Å². The number of hydrogen-bond donors (Lipinski definition) is 1. The number of rotatable bonds is 4. The van der Waals surface area contributed by atoms with Crippen LogP contribution in [-0.4, -0.2) is 31.6 Å². The van der Waals surface area contributed by atoms with Gasteiger partial charge >= 0.3 is 0 Å². The monoisotopic (exact) mass is 228 g/mol. The Morgan fingerprint density at radius 2 is 2.40 bits per heavy atom. The fraction of sp³-hybridized carbons (Fsp3) is 0.400. The van der Waals surface area contributed by atoms with Crippen molar-refractivity contribution in [3.8, 4) is 0 Å². The quantitative estimate of drug-likeness (QED) is 0.717. The van der Waals surface area contributed by atoms with Crippen molar-refractivity contribution in [3.63, 3.8) is 0 Å². The maximum atomic E-state index is 11.2. The van der Waals surface area contributed by atoms with Crippen LogP contribution in [0.4, 0.5) is 0 Å². The lowest BCUT2D eigenvalue weighted by molar-refractivity contribution is 0.524. The first-order chi connectivity index (χ1) is 6.95. The molecule has 0 saturated heterocycles. The first-order valence-corrected chi connectivity index (χ1v) is 6.51. The second-order valence-electron chi connectivity index (χ2n) is 3.48.